The van der Waals surface area contributed by atoms with Gasteiger partial charge in [0, 0.05) is 12.8 Å². The highest BCUT2D eigenvalue weighted by atomic mass is 31.1. The Morgan fingerprint density at radius 2 is 1.20 bits per heavy atom. The van der Waals surface area contributed by atoms with Gasteiger partial charge in [-0.1, -0.05) is 0 Å². The Labute approximate surface area is 94.5 Å². The molecule has 0 atom stereocenters. The molecule has 0 N–H and O–H groups in total. The van der Waals surface area contributed by atoms with E-state index in [1.807, 2.05) is 0 Å². The zero-order valence-electron chi connectivity index (χ0n) is 9.95. The molecular weight excluding hydrogens is 230 g/mol. The molecule has 0 bridgehead atoms. The standard InChI is InChI=1S/C10H20O3P2/c1-14(2)7-5-9(11)13-10(12)6-8-15(3)4/h5-8H2,1-4H3. The molecule has 0 aromatic heterocycles. The van der Waals surface area contributed by atoms with Gasteiger partial charge in [0.25, 0.3) is 0 Å². The number of carbonyl (C=O) groups excluding carboxylic acids is 2. The number of carbonyl (C=O) groups is 2. The molecule has 0 spiro atoms. The minimum atomic E-state index is -0.368. The van der Waals surface area contributed by atoms with Gasteiger partial charge in [-0.2, -0.15) is 0 Å². The lowest BCUT2D eigenvalue weighted by Crippen LogP contribution is -2.13. The lowest BCUT2D eigenvalue weighted by atomic mass is 10.4. The smallest absolute Gasteiger partial charge is 0.313 e. The van der Waals surface area contributed by atoms with Crippen LogP contribution in [-0.2, 0) is 14.3 Å². The van der Waals surface area contributed by atoms with Gasteiger partial charge in [0.15, 0.2) is 0 Å². The van der Waals surface area contributed by atoms with Crippen LogP contribution in [0.5, 0.6) is 0 Å². The van der Waals surface area contributed by atoms with Gasteiger partial charge in [-0.25, -0.2) is 0 Å². The summed E-state index contributed by atoms with van der Waals surface area (Å²) < 4.78 is 4.69. The van der Waals surface area contributed by atoms with Crippen molar-refractivity contribution in [2.45, 2.75) is 12.8 Å². The average molecular weight is 250 g/mol. The van der Waals surface area contributed by atoms with Crippen LogP contribution in [0.3, 0.4) is 0 Å². The van der Waals surface area contributed by atoms with Crippen LogP contribution in [0.4, 0.5) is 0 Å². The van der Waals surface area contributed by atoms with Crippen molar-refractivity contribution in [1.82, 2.24) is 0 Å². The predicted molar refractivity (Wildman–Crippen MR) is 67.6 cm³/mol. The molecule has 3 nitrogen and oxygen atoms in total. The summed E-state index contributed by atoms with van der Waals surface area (Å²) in [7, 11) is -0.170. The van der Waals surface area contributed by atoms with Gasteiger partial charge >= 0.3 is 11.9 Å². The maximum Gasteiger partial charge on any atom is 0.313 e. The summed E-state index contributed by atoms with van der Waals surface area (Å²) in [4.78, 5) is 22.4. The highest BCUT2D eigenvalue weighted by molar-refractivity contribution is 7.56. The molecule has 0 heterocycles. The summed E-state index contributed by atoms with van der Waals surface area (Å²) in [5.41, 5.74) is 0. The molecular formula is C10H20O3P2. The zero-order valence-corrected chi connectivity index (χ0v) is 11.7. The van der Waals surface area contributed by atoms with Crippen molar-refractivity contribution in [3.8, 4) is 0 Å². The van der Waals surface area contributed by atoms with Crippen LogP contribution < -0.4 is 0 Å². The van der Waals surface area contributed by atoms with Crippen LogP contribution in [0.1, 0.15) is 12.8 Å². The van der Waals surface area contributed by atoms with Gasteiger partial charge in [0.2, 0.25) is 0 Å². The predicted octanol–water partition coefficient (Wildman–Crippen LogP) is 2.32. The third-order valence-electron chi connectivity index (χ3n) is 1.75. The first-order valence-corrected chi connectivity index (χ1v) is 9.79. The monoisotopic (exact) mass is 250 g/mol. The van der Waals surface area contributed by atoms with Crippen LogP contribution >= 0.6 is 15.8 Å². The van der Waals surface area contributed by atoms with E-state index in [4.69, 9.17) is 4.74 Å². The SMILES string of the molecule is CP(C)CCC(=O)OC(=O)CCP(C)C. The second-order valence-electron chi connectivity index (χ2n) is 3.95. The quantitative estimate of drug-likeness (QED) is 0.413. The van der Waals surface area contributed by atoms with Crippen LogP contribution in [0.15, 0.2) is 0 Å². The van der Waals surface area contributed by atoms with E-state index in [1.165, 1.54) is 0 Å². The fourth-order valence-electron chi connectivity index (χ4n) is 0.859. The summed E-state index contributed by atoms with van der Waals surface area (Å²) in [5.74, 6) is -0.736. The highest BCUT2D eigenvalue weighted by Crippen LogP contribution is 2.26. The van der Waals surface area contributed by atoms with Crippen molar-refractivity contribution in [2.24, 2.45) is 0 Å². The molecule has 0 unspecified atom stereocenters. The topological polar surface area (TPSA) is 43.4 Å². The van der Waals surface area contributed by atoms with E-state index in [0.29, 0.717) is 12.8 Å². The van der Waals surface area contributed by atoms with Crippen LogP contribution in [0, 0.1) is 0 Å². The van der Waals surface area contributed by atoms with E-state index >= 15 is 0 Å². The lowest BCUT2D eigenvalue weighted by molar-refractivity contribution is -0.159. The average Bonchev–Trinajstić information content (AvgIpc) is 2.11. The largest absolute Gasteiger partial charge is 0.393 e. The molecule has 0 aliphatic heterocycles. The van der Waals surface area contributed by atoms with E-state index in [0.717, 1.165) is 12.3 Å². The van der Waals surface area contributed by atoms with Gasteiger partial charge in [-0.05, 0) is 39.0 Å². The number of esters is 2. The maximum atomic E-state index is 11.2. The van der Waals surface area contributed by atoms with Gasteiger partial charge in [-0.3, -0.25) is 9.59 Å². The summed E-state index contributed by atoms with van der Waals surface area (Å²) in [6, 6.07) is 0. The van der Waals surface area contributed by atoms with Gasteiger partial charge < -0.3 is 4.74 Å². The molecule has 0 radical (unpaired) electrons. The van der Waals surface area contributed by atoms with E-state index in [1.54, 1.807) is 0 Å². The second kappa shape index (κ2) is 8.19. The number of rotatable bonds is 6. The third kappa shape index (κ3) is 10.3. The first-order valence-electron chi connectivity index (χ1n) is 4.94. The van der Waals surface area contributed by atoms with Crippen molar-refractivity contribution >= 4 is 27.8 Å². The Hall–Kier alpha value is -0.0000000000000000555. The number of hydrogen-bond donors (Lipinski definition) is 0. The van der Waals surface area contributed by atoms with Crippen molar-refractivity contribution in [2.75, 3.05) is 39.0 Å². The first-order chi connectivity index (χ1) is 6.91. The van der Waals surface area contributed by atoms with Crippen molar-refractivity contribution in [1.29, 1.82) is 0 Å². The van der Waals surface area contributed by atoms with E-state index < -0.39 is 0 Å². The summed E-state index contributed by atoms with van der Waals surface area (Å²) in [6.07, 6.45) is 2.43. The van der Waals surface area contributed by atoms with E-state index in [9.17, 15) is 9.59 Å². The molecule has 0 rings (SSSR count). The van der Waals surface area contributed by atoms with Gasteiger partial charge in [-0.15, -0.1) is 15.8 Å². The number of hydrogen-bond acceptors (Lipinski definition) is 3. The highest BCUT2D eigenvalue weighted by Gasteiger charge is 2.11. The molecule has 88 valence electrons. The molecule has 0 amide bonds. The Balaban J connectivity index is 3.63. The van der Waals surface area contributed by atoms with Gasteiger partial charge in [0.05, 0.1) is 0 Å². The van der Waals surface area contributed by atoms with Gasteiger partial charge in [0.1, 0.15) is 0 Å². The summed E-state index contributed by atoms with van der Waals surface area (Å²) >= 11 is 0. The Morgan fingerprint density at radius 3 is 1.47 bits per heavy atom. The summed E-state index contributed by atoms with van der Waals surface area (Å²) in [6.45, 7) is 8.41. The van der Waals surface area contributed by atoms with Crippen LogP contribution in [0.25, 0.3) is 0 Å². The number of ether oxygens (including phenoxy) is 1. The normalized spacial score (nSPS) is 10.8. The molecule has 0 saturated heterocycles. The third-order valence-corrected chi connectivity index (χ3v) is 3.99. The minimum absolute atomic E-state index is 0.0851. The molecule has 5 heteroatoms. The molecule has 0 aromatic carbocycles. The molecule has 0 aromatic rings. The Morgan fingerprint density at radius 1 is 0.867 bits per heavy atom. The van der Waals surface area contributed by atoms with Crippen molar-refractivity contribution in [3.63, 3.8) is 0 Å². The van der Waals surface area contributed by atoms with E-state index in [2.05, 4.69) is 26.7 Å². The molecule has 0 aliphatic rings. The second-order valence-corrected chi connectivity index (χ2v) is 9.17. The molecule has 0 saturated carbocycles. The van der Waals surface area contributed by atoms with E-state index in [-0.39, 0.29) is 27.8 Å². The Kier molecular flexibility index (Phi) is 8.19. The lowest BCUT2D eigenvalue weighted by Gasteiger charge is -2.06. The van der Waals surface area contributed by atoms with Crippen LogP contribution in [-0.4, -0.2) is 50.9 Å². The van der Waals surface area contributed by atoms with Crippen molar-refractivity contribution < 1.29 is 14.3 Å². The fourth-order valence-corrected chi connectivity index (χ4v) is 2.12. The Bertz CT molecular complexity index is 193. The first kappa shape index (κ1) is 15.0. The molecule has 0 aliphatic carbocycles. The van der Waals surface area contributed by atoms with Crippen LogP contribution in [0.2, 0.25) is 0 Å². The maximum absolute atomic E-state index is 11.2. The molecule has 15 heavy (non-hydrogen) atoms. The van der Waals surface area contributed by atoms with Crippen molar-refractivity contribution in [3.05, 3.63) is 0 Å². The minimum Gasteiger partial charge on any atom is -0.393 e. The summed E-state index contributed by atoms with van der Waals surface area (Å²) in [5, 5.41) is 0. The fraction of sp³-hybridized carbons (Fsp3) is 0.800. The zero-order chi connectivity index (χ0) is 11.8. The molecule has 0 fully saturated rings.